The van der Waals surface area contributed by atoms with Crippen molar-refractivity contribution in [3.05, 3.63) is 118 Å². The van der Waals surface area contributed by atoms with E-state index < -0.39 is 23.1 Å². The van der Waals surface area contributed by atoms with Crippen LogP contribution < -0.4 is 16.7 Å². The molecule has 0 unspecified atom stereocenters. The minimum atomic E-state index is -4.59. The van der Waals surface area contributed by atoms with Crippen LogP contribution in [0.2, 0.25) is 20.1 Å². The Hall–Kier alpha value is -2.98. The van der Waals surface area contributed by atoms with Crippen LogP contribution in [0.3, 0.4) is 0 Å². The number of alkyl halides is 3. The molecule has 0 spiro atoms. The maximum atomic E-state index is 13.5. The first kappa shape index (κ1) is 27.1. The molecule has 192 valence electrons. The van der Waals surface area contributed by atoms with Crippen molar-refractivity contribution in [1.82, 2.24) is 14.1 Å². The fourth-order valence-corrected chi connectivity index (χ4v) is 4.09. The molecule has 0 aliphatic rings. The first-order valence-corrected chi connectivity index (χ1v) is 12.0. The lowest BCUT2D eigenvalue weighted by molar-refractivity contribution is -0.137. The van der Waals surface area contributed by atoms with Gasteiger partial charge in [-0.3, -0.25) is 4.57 Å². The van der Waals surface area contributed by atoms with Crippen molar-refractivity contribution in [3.63, 3.8) is 0 Å². The lowest BCUT2D eigenvalue weighted by Gasteiger charge is -2.17. The summed E-state index contributed by atoms with van der Waals surface area (Å²) in [4.78, 5) is 30.3. The van der Waals surface area contributed by atoms with Gasteiger partial charge in [-0.05, 0) is 53.6 Å². The van der Waals surface area contributed by atoms with Gasteiger partial charge in [0.1, 0.15) is 0 Å². The van der Waals surface area contributed by atoms with Crippen LogP contribution in [0.5, 0.6) is 0 Å². The molecule has 4 aromatic rings. The molecular weight excluding hydrogens is 575 g/mol. The third-order valence-electron chi connectivity index (χ3n) is 5.25. The number of aromatic nitrogens is 3. The predicted octanol–water partition coefficient (Wildman–Crippen LogP) is 6.88. The number of benzene rings is 3. The Kier molecular flexibility index (Phi) is 7.89. The van der Waals surface area contributed by atoms with Crippen molar-refractivity contribution in [1.29, 1.82) is 0 Å². The SMILES string of the molecule is O=c1nc(Nc2cccc(C(F)(F)F)c2)n(Cc2ccc(Cl)c(Cl)c2)c(=O)n1Cc1ccc(Cl)c(Cl)c1. The molecule has 1 N–H and O–H groups in total. The number of nitrogens with zero attached hydrogens (tertiary/aromatic N) is 3. The summed E-state index contributed by atoms with van der Waals surface area (Å²) in [6, 6.07) is 13.6. The van der Waals surface area contributed by atoms with E-state index in [1.165, 1.54) is 36.4 Å². The zero-order chi connectivity index (χ0) is 26.9. The van der Waals surface area contributed by atoms with E-state index in [1.807, 2.05) is 0 Å². The Balaban J connectivity index is 1.81. The molecule has 0 aliphatic heterocycles. The zero-order valence-corrected chi connectivity index (χ0v) is 21.5. The molecule has 0 bridgehead atoms. The summed E-state index contributed by atoms with van der Waals surface area (Å²) in [5, 5.41) is 3.72. The van der Waals surface area contributed by atoms with Crippen LogP contribution in [-0.4, -0.2) is 14.1 Å². The fraction of sp³-hybridized carbons (Fsp3) is 0.125. The Labute approximate surface area is 227 Å². The van der Waals surface area contributed by atoms with Gasteiger partial charge in [-0.1, -0.05) is 64.6 Å². The van der Waals surface area contributed by atoms with E-state index in [9.17, 15) is 22.8 Å². The van der Waals surface area contributed by atoms with Gasteiger partial charge in [0.25, 0.3) is 0 Å². The van der Waals surface area contributed by atoms with Crippen LogP contribution in [0.25, 0.3) is 0 Å². The van der Waals surface area contributed by atoms with E-state index in [1.54, 1.807) is 12.1 Å². The van der Waals surface area contributed by atoms with Crippen molar-refractivity contribution in [2.45, 2.75) is 19.3 Å². The first-order valence-electron chi connectivity index (χ1n) is 10.5. The predicted molar refractivity (Wildman–Crippen MR) is 139 cm³/mol. The average molecular weight is 590 g/mol. The third kappa shape index (κ3) is 6.30. The quantitative estimate of drug-likeness (QED) is 0.266. The number of nitrogens with one attached hydrogen (secondary N) is 1. The van der Waals surface area contributed by atoms with E-state index in [-0.39, 0.29) is 34.8 Å². The molecule has 0 aliphatic carbocycles. The number of halogens is 7. The highest BCUT2D eigenvalue weighted by Crippen LogP contribution is 2.31. The van der Waals surface area contributed by atoms with Crippen LogP contribution in [0.1, 0.15) is 16.7 Å². The van der Waals surface area contributed by atoms with Crippen molar-refractivity contribution in [2.75, 3.05) is 5.32 Å². The zero-order valence-electron chi connectivity index (χ0n) is 18.5. The monoisotopic (exact) mass is 588 g/mol. The molecule has 13 heteroatoms. The van der Waals surface area contributed by atoms with Crippen LogP contribution in [0, 0.1) is 0 Å². The minimum absolute atomic E-state index is 0.0220. The number of anilines is 2. The van der Waals surface area contributed by atoms with Gasteiger partial charge in [0.05, 0.1) is 38.7 Å². The summed E-state index contributed by atoms with van der Waals surface area (Å²) < 4.78 is 41.6. The third-order valence-corrected chi connectivity index (χ3v) is 6.72. The Morgan fingerprint density at radius 2 is 1.32 bits per heavy atom. The molecule has 3 aromatic carbocycles. The summed E-state index contributed by atoms with van der Waals surface area (Å²) in [6.45, 7) is -0.293. The first-order chi connectivity index (χ1) is 17.4. The largest absolute Gasteiger partial charge is 0.416 e. The van der Waals surface area contributed by atoms with Gasteiger partial charge < -0.3 is 5.32 Å². The molecule has 0 saturated carbocycles. The van der Waals surface area contributed by atoms with Gasteiger partial charge in [0, 0.05) is 5.69 Å². The molecule has 0 amide bonds. The second-order valence-electron chi connectivity index (χ2n) is 7.87. The van der Waals surface area contributed by atoms with Crippen molar-refractivity contribution in [2.24, 2.45) is 0 Å². The van der Waals surface area contributed by atoms with E-state index in [0.717, 1.165) is 21.3 Å². The highest BCUT2D eigenvalue weighted by Gasteiger charge is 2.30. The second-order valence-corrected chi connectivity index (χ2v) is 9.50. The molecule has 0 saturated heterocycles. The molecular formula is C24H15Cl4F3N4O2. The molecule has 1 aromatic heterocycles. The van der Waals surface area contributed by atoms with E-state index in [2.05, 4.69) is 10.3 Å². The number of rotatable bonds is 6. The molecule has 1 heterocycles. The molecule has 0 fully saturated rings. The topological polar surface area (TPSA) is 68.9 Å². The Morgan fingerprint density at radius 3 is 1.86 bits per heavy atom. The maximum absolute atomic E-state index is 13.5. The van der Waals surface area contributed by atoms with E-state index >= 15 is 0 Å². The average Bonchev–Trinajstić information content (AvgIpc) is 2.83. The van der Waals surface area contributed by atoms with Gasteiger partial charge in [0.15, 0.2) is 0 Å². The summed E-state index contributed by atoms with van der Waals surface area (Å²) in [7, 11) is 0. The fourth-order valence-electron chi connectivity index (χ4n) is 3.45. The smallest absolute Gasteiger partial charge is 0.325 e. The van der Waals surface area contributed by atoms with Gasteiger partial charge in [-0.25, -0.2) is 14.2 Å². The summed E-state index contributed by atoms with van der Waals surface area (Å²) in [6.07, 6.45) is -4.59. The molecule has 0 radical (unpaired) electrons. The molecule has 4 rings (SSSR count). The Morgan fingerprint density at radius 1 is 0.757 bits per heavy atom. The lowest BCUT2D eigenvalue weighted by atomic mass is 10.2. The van der Waals surface area contributed by atoms with Crippen LogP contribution in [-0.2, 0) is 19.3 Å². The minimum Gasteiger partial charge on any atom is -0.325 e. The van der Waals surface area contributed by atoms with E-state index in [0.29, 0.717) is 21.2 Å². The van der Waals surface area contributed by atoms with Crippen molar-refractivity contribution in [3.8, 4) is 0 Å². The van der Waals surface area contributed by atoms with Gasteiger partial charge in [0.2, 0.25) is 5.95 Å². The highest BCUT2D eigenvalue weighted by atomic mass is 35.5. The van der Waals surface area contributed by atoms with Crippen molar-refractivity contribution < 1.29 is 13.2 Å². The molecule has 6 nitrogen and oxygen atoms in total. The van der Waals surface area contributed by atoms with Crippen LogP contribution in [0.4, 0.5) is 24.8 Å². The number of hydrogen-bond donors (Lipinski definition) is 1. The van der Waals surface area contributed by atoms with Gasteiger partial charge >= 0.3 is 17.6 Å². The van der Waals surface area contributed by atoms with Crippen LogP contribution in [0.15, 0.2) is 70.3 Å². The second kappa shape index (κ2) is 10.8. The summed E-state index contributed by atoms with van der Waals surface area (Å²) in [5.41, 5.74) is -1.59. The normalized spacial score (nSPS) is 11.5. The van der Waals surface area contributed by atoms with Gasteiger partial charge in [-0.2, -0.15) is 18.2 Å². The molecule has 37 heavy (non-hydrogen) atoms. The lowest BCUT2D eigenvalue weighted by Crippen LogP contribution is -2.43. The summed E-state index contributed by atoms with van der Waals surface area (Å²) in [5.74, 6) is -0.259. The van der Waals surface area contributed by atoms with Crippen molar-refractivity contribution >= 4 is 58.0 Å². The summed E-state index contributed by atoms with van der Waals surface area (Å²) >= 11 is 24.1. The Bertz CT molecular complexity index is 1600. The number of hydrogen-bond acceptors (Lipinski definition) is 4. The van der Waals surface area contributed by atoms with Crippen LogP contribution >= 0.6 is 46.4 Å². The van der Waals surface area contributed by atoms with Gasteiger partial charge in [-0.15, -0.1) is 0 Å². The molecule has 0 atom stereocenters. The highest BCUT2D eigenvalue weighted by molar-refractivity contribution is 6.42. The maximum Gasteiger partial charge on any atom is 0.416 e. The van der Waals surface area contributed by atoms with E-state index in [4.69, 9.17) is 46.4 Å². The standard InChI is InChI=1S/C24H15Cl4F3N4O2/c25-17-6-4-13(8-19(17)27)11-34-21(32-16-3-1-2-15(10-16)24(29,30)31)33-22(36)35(23(34)37)12-14-5-7-18(26)20(28)9-14/h1-10H,11-12H2,(H,32,33,36).